The molecule has 1 aliphatic rings. The average Bonchev–Trinajstić information content (AvgIpc) is 3.07. The summed E-state index contributed by atoms with van der Waals surface area (Å²) in [4.78, 5) is 38.5. The molecule has 1 amide bonds. The van der Waals surface area contributed by atoms with E-state index in [9.17, 15) is 14.4 Å². The molecule has 0 spiro atoms. The number of carbonyl (C=O) groups is 3. The van der Waals surface area contributed by atoms with Crippen molar-refractivity contribution in [2.45, 2.75) is 26.7 Å². The van der Waals surface area contributed by atoms with Crippen molar-refractivity contribution in [3.8, 4) is 0 Å². The van der Waals surface area contributed by atoms with Gasteiger partial charge in [0, 0.05) is 18.5 Å². The highest BCUT2D eigenvalue weighted by Crippen LogP contribution is 2.26. The Morgan fingerprint density at radius 3 is 2.58 bits per heavy atom. The first-order chi connectivity index (χ1) is 12.5. The summed E-state index contributed by atoms with van der Waals surface area (Å²) in [6.07, 6.45) is 1.25. The van der Waals surface area contributed by atoms with Crippen molar-refractivity contribution in [3.05, 3.63) is 64.7 Å². The van der Waals surface area contributed by atoms with Crippen LogP contribution in [0.5, 0.6) is 0 Å². The second-order valence-electron chi connectivity index (χ2n) is 6.48. The van der Waals surface area contributed by atoms with Gasteiger partial charge in [0.2, 0.25) is 11.7 Å². The van der Waals surface area contributed by atoms with E-state index in [1.54, 1.807) is 35.2 Å². The van der Waals surface area contributed by atoms with Crippen LogP contribution in [-0.4, -0.2) is 30.8 Å². The number of hydrogen-bond acceptors (Lipinski definition) is 4. The second-order valence-corrected chi connectivity index (χ2v) is 6.48. The zero-order valence-corrected chi connectivity index (χ0v) is 15.0. The average molecular weight is 351 g/mol. The molecule has 1 saturated heterocycles. The first-order valence-corrected chi connectivity index (χ1v) is 8.64. The fraction of sp³-hybridized carbons (Fsp3) is 0.286. The smallest absolute Gasteiger partial charge is 0.340 e. The molecule has 0 N–H and O–H groups in total. The Hall–Kier alpha value is -2.95. The summed E-state index contributed by atoms with van der Waals surface area (Å²) in [6, 6.07) is 12.4. The summed E-state index contributed by atoms with van der Waals surface area (Å²) in [5.41, 5.74) is 3.22. The molecular weight excluding hydrogens is 330 g/mol. The third-order valence-corrected chi connectivity index (χ3v) is 4.52. The number of nitrogens with zero attached hydrogens (tertiary/aromatic N) is 1. The predicted octanol–water partition coefficient (Wildman–Crippen LogP) is 3.47. The van der Waals surface area contributed by atoms with Gasteiger partial charge in [-0.25, -0.2) is 4.79 Å². The Morgan fingerprint density at radius 1 is 1.08 bits per heavy atom. The SMILES string of the molecule is Cc1ccc(C)c(C(=O)COC(=O)c2ccccc2N2CCCC2=O)c1. The molecule has 0 aliphatic carbocycles. The Kier molecular flexibility index (Phi) is 5.16. The van der Waals surface area contributed by atoms with Crippen LogP contribution >= 0.6 is 0 Å². The lowest BCUT2D eigenvalue weighted by Crippen LogP contribution is -2.26. The van der Waals surface area contributed by atoms with Crippen LogP contribution in [0.4, 0.5) is 5.69 Å². The summed E-state index contributed by atoms with van der Waals surface area (Å²) >= 11 is 0. The Bertz CT molecular complexity index is 872. The number of ether oxygens (including phenoxy) is 1. The van der Waals surface area contributed by atoms with Gasteiger partial charge in [-0.3, -0.25) is 9.59 Å². The molecule has 0 unspecified atom stereocenters. The molecule has 134 valence electrons. The number of Topliss-reactive ketones (excluding diaryl/α,β-unsaturated/α-hetero) is 1. The molecular formula is C21H21NO4. The van der Waals surface area contributed by atoms with E-state index in [2.05, 4.69) is 0 Å². The Morgan fingerprint density at radius 2 is 1.85 bits per heavy atom. The van der Waals surface area contributed by atoms with Crippen molar-refractivity contribution in [1.82, 2.24) is 0 Å². The van der Waals surface area contributed by atoms with E-state index in [4.69, 9.17) is 4.74 Å². The van der Waals surface area contributed by atoms with Gasteiger partial charge in [-0.1, -0.05) is 29.8 Å². The highest BCUT2D eigenvalue weighted by atomic mass is 16.5. The van der Waals surface area contributed by atoms with Gasteiger partial charge in [0.05, 0.1) is 11.3 Å². The number of rotatable bonds is 5. The van der Waals surface area contributed by atoms with Crippen molar-refractivity contribution in [2.75, 3.05) is 18.1 Å². The van der Waals surface area contributed by atoms with Crippen molar-refractivity contribution >= 4 is 23.3 Å². The lowest BCUT2D eigenvalue weighted by molar-refractivity contribution is -0.117. The minimum atomic E-state index is -0.598. The standard InChI is InChI=1S/C21H21NO4/c1-14-9-10-15(2)17(12-14)19(23)13-26-21(25)16-6-3-4-7-18(16)22-11-5-8-20(22)24/h3-4,6-7,9-10,12H,5,8,11,13H2,1-2H3. The molecule has 1 heterocycles. The minimum Gasteiger partial charge on any atom is -0.454 e. The molecule has 5 nitrogen and oxygen atoms in total. The van der Waals surface area contributed by atoms with Crippen LogP contribution in [0, 0.1) is 13.8 Å². The predicted molar refractivity (Wildman–Crippen MR) is 98.6 cm³/mol. The first-order valence-electron chi connectivity index (χ1n) is 8.64. The maximum absolute atomic E-state index is 12.5. The monoisotopic (exact) mass is 351 g/mol. The summed E-state index contributed by atoms with van der Waals surface area (Å²) in [6.45, 7) is 4.02. The first kappa shape index (κ1) is 17.9. The fourth-order valence-corrected chi connectivity index (χ4v) is 3.11. The van der Waals surface area contributed by atoms with Crippen LogP contribution in [0.3, 0.4) is 0 Å². The fourth-order valence-electron chi connectivity index (χ4n) is 3.11. The maximum atomic E-state index is 12.5. The summed E-state index contributed by atoms with van der Waals surface area (Å²) < 4.78 is 5.25. The highest BCUT2D eigenvalue weighted by molar-refractivity contribution is 6.05. The van der Waals surface area contributed by atoms with E-state index < -0.39 is 5.97 Å². The second kappa shape index (κ2) is 7.52. The zero-order valence-electron chi connectivity index (χ0n) is 15.0. The minimum absolute atomic E-state index is 0.00304. The van der Waals surface area contributed by atoms with Gasteiger partial charge in [-0.15, -0.1) is 0 Å². The van der Waals surface area contributed by atoms with Crippen LogP contribution in [0.2, 0.25) is 0 Å². The van der Waals surface area contributed by atoms with E-state index in [1.165, 1.54) is 0 Å². The molecule has 5 heteroatoms. The number of amides is 1. The number of benzene rings is 2. The quantitative estimate of drug-likeness (QED) is 0.611. The number of anilines is 1. The van der Waals surface area contributed by atoms with E-state index in [0.29, 0.717) is 29.8 Å². The summed E-state index contributed by atoms with van der Waals surface area (Å²) in [7, 11) is 0. The molecule has 0 bridgehead atoms. The third-order valence-electron chi connectivity index (χ3n) is 4.52. The molecule has 2 aromatic carbocycles. The summed E-state index contributed by atoms with van der Waals surface area (Å²) in [5.74, 6) is -0.843. The molecule has 26 heavy (non-hydrogen) atoms. The van der Waals surface area contributed by atoms with Crippen LogP contribution in [-0.2, 0) is 9.53 Å². The number of para-hydroxylation sites is 1. The van der Waals surface area contributed by atoms with Gasteiger partial charge >= 0.3 is 5.97 Å². The molecule has 1 aliphatic heterocycles. The van der Waals surface area contributed by atoms with Gasteiger partial charge in [-0.05, 0) is 44.0 Å². The number of aryl methyl sites for hydroxylation is 2. The summed E-state index contributed by atoms with van der Waals surface area (Å²) in [5, 5.41) is 0. The van der Waals surface area contributed by atoms with Gasteiger partial charge in [0.15, 0.2) is 6.61 Å². The van der Waals surface area contributed by atoms with Gasteiger partial charge in [-0.2, -0.15) is 0 Å². The Balaban J connectivity index is 1.74. The van der Waals surface area contributed by atoms with Gasteiger partial charge in [0.25, 0.3) is 0 Å². The molecule has 1 fully saturated rings. The van der Waals surface area contributed by atoms with Gasteiger partial charge < -0.3 is 9.64 Å². The third kappa shape index (κ3) is 3.67. The van der Waals surface area contributed by atoms with Crippen molar-refractivity contribution in [1.29, 1.82) is 0 Å². The largest absolute Gasteiger partial charge is 0.454 e. The molecule has 0 atom stereocenters. The number of esters is 1. The van der Waals surface area contributed by atoms with E-state index in [0.717, 1.165) is 17.5 Å². The molecule has 0 radical (unpaired) electrons. The zero-order chi connectivity index (χ0) is 18.7. The van der Waals surface area contributed by atoms with Crippen LogP contribution < -0.4 is 4.90 Å². The molecule has 0 saturated carbocycles. The van der Waals surface area contributed by atoms with Gasteiger partial charge in [0.1, 0.15) is 0 Å². The lowest BCUT2D eigenvalue weighted by Gasteiger charge is -2.18. The van der Waals surface area contributed by atoms with E-state index >= 15 is 0 Å². The highest BCUT2D eigenvalue weighted by Gasteiger charge is 2.26. The molecule has 0 aromatic heterocycles. The van der Waals surface area contributed by atoms with Crippen molar-refractivity contribution in [3.63, 3.8) is 0 Å². The molecule has 3 rings (SSSR count). The number of carbonyl (C=O) groups excluding carboxylic acids is 3. The number of hydrogen-bond donors (Lipinski definition) is 0. The van der Waals surface area contributed by atoms with E-state index in [1.807, 2.05) is 26.0 Å². The Labute approximate surface area is 152 Å². The van der Waals surface area contributed by atoms with Crippen molar-refractivity contribution in [2.24, 2.45) is 0 Å². The van der Waals surface area contributed by atoms with Crippen molar-refractivity contribution < 1.29 is 19.1 Å². The van der Waals surface area contributed by atoms with Crippen LogP contribution in [0.25, 0.3) is 0 Å². The maximum Gasteiger partial charge on any atom is 0.340 e. The van der Waals surface area contributed by atoms with Crippen LogP contribution in [0.15, 0.2) is 42.5 Å². The number of ketones is 1. The van der Waals surface area contributed by atoms with Crippen LogP contribution in [0.1, 0.15) is 44.7 Å². The topological polar surface area (TPSA) is 63.7 Å². The van der Waals surface area contributed by atoms with E-state index in [-0.39, 0.29) is 18.3 Å². The lowest BCUT2D eigenvalue weighted by atomic mass is 10.0. The normalized spacial score (nSPS) is 13.8. The molecule has 2 aromatic rings.